The lowest BCUT2D eigenvalue weighted by molar-refractivity contribution is 0.00269. The molecule has 0 bridgehead atoms. The van der Waals surface area contributed by atoms with Crippen molar-refractivity contribution < 1.29 is 14.3 Å². The number of benzene rings is 2. The molecule has 0 radical (unpaired) electrons. The number of halogens is 1. The molecule has 0 aromatic heterocycles. The summed E-state index contributed by atoms with van der Waals surface area (Å²) in [5, 5.41) is 9.84. The van der Waals surface area contributed by atoms with E-state index in [2.05, 4.69) is 5.48 Å². The molecule has 4 heteroatoms. The van der Waals surface area contributed by atoms with Gasteiger partial charge in [-0.15, -0.1) is 0 Å². The summed E-state index contributed by atoms with van der Waals surface area (Å²) in [7, 11) is 0. The molecule has 100 valence electrons. The van der Waals surface area contributed by atoms with Gasteiger partial charge >= 0.3 is 0 Å². The number of hydroxylamine groups is 1. The van der Waals surface area contributed by atoms with Gasteiger partial charge in [0.15, 0.2) is 0 Å². The second-order valence-electron chi connectivity index (χ2n) is 4.19. The Labute approximate surface area is 111 Å². The Hall–Kier alpha value is -1.75. The van der Waals surface area contributed by atoms with Gasteiger partial charge in [-0.1, -0.05) is 42.5 Å². The van der Waals surface area contributed by atoms with Crippen LogP contribution in [0.15, 0.2) is 54.6 Å². The van der Waals surface area contributed by atoms with Gasteiger partial charge in [0.05, 0.1) is 19.3 Å². The SMILES string of the molecule is OC(CNOCc1ccccc1)c1ccc(F)cc1. The number of aliphatic hydroxyl groups is 1. The van der Waals surface area contributed by atoms with Crippen LogP contribution < -0.4 is 5.48 Å². The van der Waals surface area contributed by atoms with Gasteiger partial charge in [-0.3, -0.25) is 4.84 Å². The maximum Gasteiger partial charge on any atom is 0.123 e. The molecular formula is C15H16FNO2. The van der Waals surface area contributed by atoms with Crippen molar-refractivity contribution in [1.29, 1.82) is 0 Å². The van der Waals surface area contributed by atoms with Crippen LogP contribution in [0.25, 0.3) is 0 Å². The molecule has 0 saturated carbocycles. The zero-order valence-electron chi connectivity index (χ0n) is 10.4. The Morgan fingerprint density at radius 2 is 1.74 bits per heavy atom. The first-order valence-electron chi connectivity index (χ1n) is 6.08. The fraction of sp³-hybridized carbons (Fsp3) is 0.200. The van der Waals surface area contributed by atoms with Crippen molar-refractivity contribution in [2.24, 2.45) is 0 Å². The average Bonchev–Trinajstić information content (AvgIpc) is 2.45. The molecule has 1 unspecified atom stereocenters. The Bertz CT molecular complexity index is 487. The summed E-state index contributed by atoms with van der Waals surface area (Å²) in [4.78, 5) is 5.25. The van der Waals surface area contributed by atoms with Crippen molar-refractivity contribution in [3.63, 3.8) is 0 Å². The number of nitrogens with one attached hydrogen (secondary N) is 1. The van der Waals surface area contributed by atoms with Gasteiger partial charge in [-0.05, 0) is 23.3 Å². The average molecular weight is 261 g/mol. The summed E-state index contributed by atoms with van der Waals surface area (Å²) in [5.41, 5.74) is 4.40. The van der Waals surface area contributed by atoms with Gasteiger partial charge in [0.1, 0.15) is 5.82 Å². The standard InChI is InChI=1S/C15H16FNO2/c16-14-8-6-13(7-9-14)15(18)10-17-19-11-12-4-2-1-3-5-12/h1-9,15,17-18H,10-11H2. The maximum atomic E-state index is 12.7. The lowest BCUT2D eigenvalue weighted by atomic mass is 10.1. The molecular weight excluding hydrogens is 245 g/mol. The van der Waals surface area contributed by atoms with Crippen LogP contribution in [-0.4, -0.2) is 11.7 Å². The minimum atomic E-state index is -0.726. The van der Waals surface area contributed by atoms with E-state index in [1.165, 1.54) is 12.1 Å². The monoisotopic (exact) mass is 261 g/mol. The third-order valence-electron chi connectivity index (χ3n) is 2.72. The molecule has 0 heterocycles. The molecule has 0 spiro atoms. The molecule has 1 atom stereocenters. The highest BCUT2D eigenvalue weighted by molar-refractivity contribution is 5.18. The van der Waals surface area contributed by atoms with E-state index >= 15 is 0 Å². The van der Waals surface area contributed by atoms with Gasteiger partial charge in [0.2, 0.25) is 0 Å². The van der Waals surface area contributed by atoms with Gasteiger partial charge in [0.25, 0.3) is 0 Å². The van der Waals surface area contributed by atoms with Crippen LogP contribution in [0.3, 0.4) is 0 Å². The molecule has 3 nitrogen and oxygen atoms in total. The molecule has 0 aliphatic rings. The molecule has 0 saturated heterocycles. The summed E-state index contributed by atoms with van der Waals surface area (Å²) in [6.45, 7) is 0.676. The van der Waals surface area contributed by atoms with Crippen molar-refractivity contribution in [2.45, 2.75) is 12.7 Å². The van der Waals surface area contributed by atoms with Crippen LogP contribution in [0.5, 0.6) is 0 Å². The van der Waals surface area contributed by atoms with E-state index in [1.807, 2.05) is 30.3 Å². The lowest BCUT2D eigenvalue weighted by Crippen LogP contribution is -2.21. The van der Waals surface area contributed by atoms with Crippen LogP contribution in [-0.2, 0) is 11.4 Å². The maximum absolute atomic E-state index is 12.7. The van der Waals surface area contributed by atoms with Crippen molar-refractivity contribution in [1.82, 2.24) is 5.48 Å². The largest absolute Gasteiger partial charge is 0.387 e. The summed E-state index contributed by atoms with van der Waals surface area (Å²) >= 11 is 0. The van der Waals surface area contributed by atoms with Crippen LogP contribution in [0, 0.1) is 5.82 Å². The highest BCUT2D eigenvalue weighted by Crippen LogP contribution is 2.12. The quantitative estimate of drug-likeness (QED) is 0.620. The number of rotatable bonds is 6. The minimum Gasteiger partial charge on any atom is -0.387 e. The number of aliphatic hydroxyl groups excluding tert-OH is 1. The van der Waals surface area contributed by atoms with Crippen LogP contribution in [0.1, 0.15) is 17.2 Å². The Morgan fingerprint density at radius 1 is 1.05 bits per heavy atom. The second-order valence-corrected chi connectivity index (χ2v) is 4.19. The predicted molar refractivity (Wildman–Crippen MR) is 70.6 cm³/mol. The van der Waals surface area contributed by atoms with E-state index in [1.54, 1.807) is 12.1 Å². The van der Waals surface area contributed by atoms with E-state index in [0.717, 1.165) is 5.56 Å². The summed E-state index contributed by atoms with van der Waals surface area (Å²) < 4.78 is 12.7. The van der Waals surface area contributed by atoms with Gasteiger partial charge < -0.3 is 5.11 Å². The smallest absolute Gasteiger partial charge is 0.123 e. The fourth-order valence-corrected chi connectivity index (χ4v) is 1.65. The first-order chi connectivity index (χ1) is 9.25. The minimum absolute atomic E-state index is 0.248. The van der Waals surface area contributed by atoms with E-state index in [0.29, 0.717) is 12.2 Å². The van der Waals surface area contributed by atoms with Crippen molar-refractivity contribution >= 4 is 0 Å². The molecule has 2 aromatic rings. The first kappa shape index (κ1) is 13.7. The Morgan fingerprint density at radius 3 is 2.42 bits per heavy atom. The third kappa shape index (κ3) is 4.44. The topological polar surface area (TPSA) is 41.5 Å². The van der Waals surface area contributed by atoms with Crippen LogP contribution in [0.4, 0.5) is 4.39 Å². The Kier molecular flexibility index (Phi) is 5.03. The second kappa shape index (κ2) is 6.99. The molecule has 2 N–H and O–H groups in total. The summed E-state index contributed by atoms with van der Waals surface area (Å²) in [5.74, 6) is -0.316. The van der Waals surface area contributed by atoms with Crippen molar-refractivity contribution in [3.8, 4) is 0 Å². The predicted octanol–water partition coefficient (Wildman–Crippen LogP) is 2.58. The van der Waals surface area contributed by atoms with E-state index in [9.17, 15) is 9.50 Å². The van der Waals surface area contributed by atoms with E-state index in [4.69, 9.17) is 4.84 Å². The third-order valence-corrected chi connectivity index (χ3v) is 2.72. The highest BCUT2D eigenvalue weighted by atomic mass is 19.1. The van der Waals surface area contributed by atoms with Gasteiger partial charge in [-0.25, -0.2) is 4.39 Å². The van der Waals surface area contributed by atoms with E-state index in [-0.39, 0.29) is 12.4 Å². The van der Waals surface area contributed by atoms with Crippen LogP contribution in [0.2, 0.25) is 0 Å². The van der Waals surface area contributed by atoms with Crippen molar-refractivity contribution in [2.75, 3.05) is 6.54 Å². The highest BCUT2D eigenvalue weighted by Gasteiger charge is 2.06. The van der Waals surface area contributed by atoms with Gasteiger partial charge in [-0.2, -0.15) is 5.48 Å². The number of hydrogen-bond donors (Lipinski definition) is 2. The molecule has 0 amide bonds. The van der Waals surface area contributed by atoms with E-state index < -0.39 is 6.10 Å². The molecule has 0 fully saturated rings. The Balaban J connectivity index is 1.72. The molecule has 2 rings (SSSR count). The zero-order chi connectivity index (χ0) is 13.5. The molecule has 0 aliphatic carbocycles. The molecule has 0 aliphatic heterocycles. The van der Waals surface area contributed by atoms with Crippen LogP contribution >= 0.6 is 0 Å². The molecule has 2 aromatic carbocycles. The normalized spacial score (nSPS) is 12.3. The molecule has 19 heavy (non-hydrogen) atoms. The van der Waals surface area contributed by atoms with Crippen molar-refractivity contribution in [3.05, 3.63) is 71.5 Å². The lowest BCUT2D eigenvalue weighted by Gasteiger charge is -2.12. The fourth-order valence-electron chi connectivity index (χ4n) is 1.65. The zero-order valence-corrected chi connectivity index (χ0v) is 10.4. The number of hydrogen-bond acceptors (Lipinski definition) is 3. The summed E-state index contributed by atoms with van der Waals surface area (Å²) in [6, 6.07) is 15.5. The van der Waals surface area contributed by atoms with Gasteiger partial charge in [0, 0.05) is 0 Å². The summed E-state index contributed by atoms with van der Waals surface area (Å²) in [6.07, 6.45) is -0.726. The first-order valence-corrected chi connectivity index (χ1v) is 6.08.